The molecule has 0 bridgehead atoms. The smallest absolute Gasteiger partial charge is 0.407 e. The first-order valence-electron chi connectivity index (χ1n) is 5.89. The van der Waals surface area contributed by atoms with Gasteiger partial charge in [-0.1, -0.05) is 25.1 Å². The summed E-state index contributed by atoms with van der Waals surface area (Å²) >= 11 is 0. The minimum absolute atomic E-state index is 0.000840. The topological polar surface area (TPSA) is 88.2 Å². The van der Waals surface area contributed by atoms with Crippen LogP contribution in [0.5, 0.6) is 0 Å². The lowest BCUT2D eigenvalue weighted by Crippen LogP contribution is -2.32. The number of carbonyl (C=O) groups is 1. The van der Waals surface area contributed by atoms with Gasteiger partial charge in [0.25, 0.3) is 0 Å². The van der Waals surface area contributed by atoms with Crippen LogP contribution >= 0.6 is 0 Å². The molecule has 5 nitrogen and oxygen atoms in total. The molecule has 0 spiro atoms. The number of benzene rings is 1. The molecule has 0 aliphatic rings. The molecule has 0 heterocycles. The number of rotatable bonds is 5. The van der Waals surface area contributed by atoms with E-state index in [0.29, 0.717) is 5.56 Å². The van der Waals surface area contributed by atoms with Crippen molar-refractivity contribution in [1.82, 2.24) is 5.32 Å². The van der Waals surface area contributed by atoms with Gasteiger partial charge in [-0.15, -0.1) is 0 Å². The molecule has 0 saturated carbocycles. The van der Waals surface area contributed by atoms with Crippen LogP contribution in [0.3, 0.4) is 0 Å². The summed E-state index contributed by atoms with van der Waals surface area (Å²) in [5.41, 5.74) is 6.82. The van der Waals surface area contributed by atoms with Crippen molar-refractivity contribution < 1.29 is 9.53 Å². The molecule has 98 valence electrons. The lowest BCUT2D eigenvalue weighted by molar-refractivity contribution is 0.136. The van der Waals surface area contributed by atoms with Crippen LogP contribution < -0.4 is 11.1 Å². The molecule has 1 amide bonds. The number of hydrogen-bond acceptors (Lipinski definition) is 3. The van der Waals surface area contributed by atoms with Crippen molar-refractivity contribution >= 4 is 11.9 Å². The minimum atomic E-state index is -0.433. The highest BCUT2D eigenvalue weighted by Crippen LogP contribution is 2.06. The molecule has 18 heavy (non-hydrogen) atoms. The van der Waals surface area contributed by atoms with Gasteiger partial charge in [0.1, 0.15) is 12.4 Å². The number of amidine groups is 1. The Bertz CT molecular complexity index is 432. The quantitative estimate of drug-likeness (QED) is 0.551. The number of hydrogen-bond donors (Lipinski definition) is 3. The van der Waals surface area contributed by atoms with Crippen molar-refractivity contribution in [3.8, 4) is 0 Å². The predicted octanol–water partition coefficient (Wildman–Crippen LogP) is 2.00. The molecule has 1 atom stereocenters. The molecule has 0 saturated heterocycles. The van der Waals surface area contributed by atoms with Gasteiger partial charge in [-0.05, 0) is 25.0 Å². The lowest BCUT2D eigenvalue weighted by atomic mass is 10.1. The number of nitrogens with one attached hydrogen (secondary N) is 2. The van der Waals surface area contributed by atoms with E-state index in [1.165, 1.54) is 0 Å². The average Bonchev–Trinajstić information content (AvgIpc) is 2.36. The van der Waals surface area contributed by atoms with Crippen LogP contribution in [0, 0.1) is 5.41 Å². The van der Waals surface area contributed by atoms with Gasteiger partial charge < -0.3 is 15.8 Å². The highest BCUT2D eigenvalue weighted by molar-refractivity contribution is 5.95. The first-order valence-corrected chi connectivity index (χ1v) is 5.89. The minimum Gasteiger partial charge on any atom is -0.445 e. The maximum Gasteiger partial charge on any atom is 0.407 e. The number of ether oxygens (including phenoxy) is 1. The van der Waals surface area contributed by atoms with E-state index >= 15 is 0 Å². The Kier molecular flexibility index (Phi) is 5.17. The molecule has 0 radical (unpaired) electrons. The summed E-state index contributed by atoms with van der Waals surface area (Å²) in [5.74, 6) is 0.000840. The second-order valence-corrected chi connectivity index (χ2v) is 4.14. The van der Waals surface area contributed by atoms with Crippen LogP contribution in [-0.2, 0) is 11.3 Å². The van der Waals surface area contributed by atoms with Gasteiger partial charge in [0.2, 0.25) is 0 Å². The fourth-order valence-electron chi connectivity index (χ4n) is 1.32. The van der Waals surface area contributed by atoms with Crippen molar-refractivity contribution in [2.24, 2.45) is 5.73 Å². The summed E-state index contributed by atoms with van der Waals surface area (Å²) in [5, 5.41) is 10.0. The Balaban J connectivity index is 2.50. The fraction of sp³-hybridized carbons (Fsp3) is 0.385. The predicted molar refractivity (Wildman–Crippen MR) is 70.5 cm³/mol. The third-order valence-corrected chi connectivity index (χ3v) is 2.58. The normalized spacial score (nSPS) is 11.7. The maximum absolute atomic E-state index is 11.4. The van der Waals surface area contributed by atoms with Crippen LogP contribution in [0.15, 0.2) is 24.3 Å². The van der Waals surface area contributed by atoms with E-state index in [9.17, 15) is 4.79 Å². The Morgan fingerprint density at radius 1 is 1.56 bits per heavy atom. The van der Waals surface area contributed by atoms with Crippen molar-refractivity contribution in [2.75, 3.05) is 0 Å². The van der Waals surface area contributed by atoms with Gasteiger partial charge >= 0.3 is 6.09 Å². The lowest BCUT2D eigenvalue weighted by Gasteiger charge is -2.12. The second-order valence-electron chi connectivity index (χ2n) is 4.14. The van der Waals surface area contributed by atoms with Gasteiger partial charge in [0.15, 0.2) is 0 Å². The molecule has 0 aromatic heterocycles. The van der Waals surface area contributed by atoms with Crippen molar-refractivity contribution in [1.29, 1.82) is 5.41 Å². The highest BCUT2D eigenvalue weighted by atomic mass is 16.5. The molecular formula is C13H19N3O2. The number of nitrogens with two attached hydrogens (primary N) is 1. The molecular weight excluding hydrogens is 230 g/mol. The average molecular weight is 249 g/mol. The standard InChI is InChI=1S/C13H19N3O2/c1-3-9(2)16-13(17)18-8-10-5-4-6-11(7-10)12(14)15/h4-7,9H,3,8H2,1-2H3,(H3,14,15)(H,16,17). The van der Waals surface area contributed by atoms with Gasteiger partial charge in [0, 0.05) is 11.6 Å². The molecule has 4 N–H and O–H groups in total. The Morgan fingerprint density at radius 2 is 2.28 bits per heavy atom. The highest BCUT2D eigenvalue weighted by Gasteiger charge is 2.06. The first-order chi connectivity index (χ1) is 8.52. The SMILES string of the molecule is CCC(C)NC(=O)OCc1cccc(C(=N)N)c1. The summed E-state index contributed by atoms with van der Waals surface area (Å²) < 4.78 is 5.07. The van der Waals surface area contributed by atoms with E-state index < -0.39 is 6.09 Å². The van der Waals surface area contributed by atoms with E-state index in [0.717, 1.165) is 12.0 Å². The van der Waals surface area contributed by atoms with Crippen LogP contribution in [0.1, 0.15) is 31.4 Å². The van der Waals surface area contributed by atoms with Crippen LogP contribution in [0.25, 0.3) is 0 Å². The fourth-order valence-corrected chi connectivity index (χ4v) is 1.32. The van der Waals surface area contributed by atoms with Crippen molar-refractivity contribution in [3.05, 3.63) is 35.4 Å². The number of nitrogen functional groups attached to an aromatic ring is 1. The van der Waals surface area contributed by atoms with Gasteiger partial charge in [0.05, 0.1) is 0 Å². The van der Waals surface area contributed by atoms with Crippen molar-refractivity contribution in [3.63, 3.8) is 0 Å². The van der Waals surface area contributed by atoms with Crippen LogP contribution in [-0.4, -0.2) is 18.0 Å². The van der Waals surface area contributed by atoms with E-state index in [4.69, 9.17) is 15.9 Å². The van der Waals surface area contributed by atoms with Gasteiger partial charge in [-0.2, -0.15) is 0 Å². The maximum atomic E-state index is 11.4. The number of alkyl carbamates (subject to hydrolysis) is 1. The van der Waals surface area contributed by atoms with Gasteiger partial charge in [-0.25, -0.2) is 4.79 Å². The molecule has 1 unspecified atom stereocenters. The summed E-state index contributed by atoms with van der Waals surface area (Å²) in [6.07, 6.45) is 0.423. The number of carbonyl (C=O) groups excluding carboxylic acids is 1. The molecule has 0 aliphatic heterocycles. The monoisotopic (exact) mass is 249 g/mol. The molecule has 0 aliphatic carbocycles. The van der Waals surface area contributed by atoms with Crippen LogP contribution in [0.4, 0.5) is 4.79 Å². The molecule has 0 fully saturated rings. The zero-order valence-corrected chi connectivity index (χ0v) is 10.7. The second kappa shape index (κ2) is 6.64. The zero-order chi connectivity index (χ0) is 13.5. The molecule has 1 aromatic carbocycles. The third kappa shape index (κ3) is 4.45. The number of amides is 1. The van der Waals surface area contributed by atoms with E-state index in [-0.39, 0.29) is 18.5 Å². The van der Waals surface area contributed by atoms with Crippen LogP contribution in [0.2, 0.25) is 0 Å². The largest absolute Gasteiger partial charge is 0.445 e. The third-order valence-electron chi connectivity index (χ3n) is 2.58. The molecule has 5 heteroatoms. The Hall–Kier alpha value is -2.04. The molecule has 1 rings (SSSR count). The Labute approximate surface area is 107 Å². The zero-order valence-electron chi connectivity index (χ0n) is 10.7. The van der Waals surface area contributed by atoms with Crippen molar-refractivity contribution in [2.45, 2.75) is 32.9 Å². The first kappa shape index (κ1) is 14.0. The summed E-state index contributed by atoms with van der Waals surface area (Å²) in [6, 6.07) is 7.18. The Morgan fingerprint density at radius 3 is 2.89 bits per heavy atom. The van der Waals surface area contributed by atoms with E-state index in [1.807, 2.05) is 19.9 Å². The summed E-state index contributed by atoms with van der Waals surface area (Å²) in [7, 11) is 0. The van der Waals surface area contributed by atoms with E-state index in [1.54, 1.807) is 18.2 Å². The van der Waals surface area contributed by atoms with Gasteiger partial charge in [-0.3, -0.25) is 5.41 Å². The molecule has 1 aromatic rings. The van der Waals surface area contributed by atoms with E-state index in [2.05, 4.69) is 5.32 Å². The summed E-state index contributed by atoms with van der Waals surface area (Å²) in [6.45, 7) is 4.07. The summed E-state index contributed by atoms with van der Waals surface area (Å²) in [4.78, 5) is 11.4.